The number of carbonyl (C=O) groups is 2. The molecule has 172 valence electrons. The number of aryl methyl sites for hydroxylation is 1. The van der Waals surface area contributed by atoms with Crippen molar-refractivity contribution in [3.8, 4) is 0 Å². The Morgan fingerprint density at radius 3 is 2.56 bits per heavy atom. The second-order valence-corrected chi connectivity index (χ2v) is 7.90. The highest BCUT2D eigenvalue weighted by Gasteiger charge is 2.15. The summed E-state index contributed by atoms with van der Waals surface area (Å²) in [6.45, 7) is 5.10. The Morgan fingerprint density at radius 1 is 1.06 bits per heavy atom. The van der Waals surface area contributed by atoms with Crippen LogP contribution in [0.15, 0.2) is 101 Å². The van der Waals surface area contributed by atoms with Gasteiger partial charge in [-0.1, -0.05) is 72.8 Å². The van der Waals surface area contributed by atoms with Gasteiger partial charge in [-0.2, -0.15) is 0 Å². The first-order valence-corrected chi connectivity index (χ1v) is 11.0. The number of hydrogen-bond acceptors (Lipinski definition) is 5. The predicted molar refractivity (Wildman–Crippen MR) is 136 cm³/mol. The fraction of sp³-hybridized carbons (Fsp3) is 0.111. The van der Waals surface area contributed by atoms with Crippen molar-refractivity contribution in [3.05, 3.63) is 113 Å². The molecule has 3 aromatic carbocycles. The number of halogens is 1. The molecule has 0 saturated heterocycles. The van der Waals surface area contributed by atoms with Gasteiger partial charge in [-0.05, 0) is 48.7 Å². The standard InChI is InChI=1S/C27H24ClN3O3/c1-3-19-8-6-9-20(16-19)14-15-25(33)21-10-7-11-22(17-21)29-27(34)26(18(2)32)31-30-24-13-5-4-12-23(24)28/h3-13,16-17,32H,1,14-15H2,2H3,(H,29,34). The molecular weight excluding hydrogens is 450 g/mol. The van der Waals surface area contributed by atoms with E-state index in [0.717, 1.165) is 11.1 Å². The number of carbonyl (C=O) groups excluding carboxylic acids is 2. The lowest BCUT2D eigenvalue weighted by Crippen LogP contribution is -2.15. The van der Waals surface area contributed by atoms with Gasteiger partial charge in [0, 0.05) is 17.7 Å². The van der Waals surface area contributed by atoms with Crippen LogP contribution in [0, 0.1) is 0 Å². The summed E-state index contributed by atoms with van der Waals surface area (Å²) in [6, 6.07) is 21.2. The lowest BCUT2D eigenvalue weighted by Gasteiger charge is -2.08. The number of azo groups is 1. The summed E-state index contributed by atoms with van der Waals surface area (Å²) < 4.78 is 0. The second kappa shape index (κ2) is 11.7. The van der Waals surface area contributed by atoms with E-state index in [2.05, 4.69) is 22.1 Å². The van der Waals surface area contributed by atoms with Crippen molar-refractivity contribution in [1.82, 2.24) is 0 Å². The number of nitrogens with zero attached hydrogens (tertiary/aromatic N) is 2. The van der Waals surface area contributed by atoms with Crippen LogP contribution in [0.25, 0.3) is 6.08 Å². The minimum atomic E-state index is -0.665. The summed E-state index contributed by atoms with van der Waals surface area (Å²) >= 11 is 6.05. The fourth-order valence-electron chi connectivity index (χ4n) is 3.16. The van der Waals surface area contributed by atoms with Gasteiger partial charge in [-0.3, -0.25) is 9.59 Å². The first-order chi connectivity index (χ1) is 16.4. The molecule has 1 amide bonds. The molecule has 0 spiro atoms. The zero-order valence-corrected chi connectivity index (χ0v) is 19.4. The molecule has 0 heterocycles. The molecule has 0 unspecified atom stereocenters. The van der Waals surface area contributed by atoms with Crippen molar-refractivity contribution < 1.29 is 14.7 Å². The Morgan fingerprint density at radius 2 is 1.82 bits per heavy atom. The fourth-order valence-corrected chi connectivity index (χ4v) is 3.33. The Bertz CT molecular complexity index is 1280. The average molecular weight is 474 g/mol. The topological polar surface area (TPSA) is 91.1 Å². The molecule has 0 aliphatic heterocycles. The molecule has 7 heteroatoms. The lowest BCUT2D eigenvalue weighted by atomic mass is 10.0. The molecule has 34 heavy (non-hydrogen) atoms. The highest BCUT2D eigenvalue weighted by Crippen LogP contribution is 2.25. The van der Waals surface area contributed by atoms with E-state index in [4.69, 9.17) is 11.6 Å². The third-order valence-electron chi connectivity index (χ3n) is 4.94. The summed E-state index contributed by atoms with van der Waals surface area (Å²) in [5, 5.41) is 20.8. The largest absolute Gasteiger partial charge is 0.510 e. The normalized spacial score (nSPS) is 11.7. The third kappa shape index (κ3) is 6.73. The van der Waals surface area contributed by atoms with Crippen LogP contribution in [0.5, 0.6) is 0 Å². The first-order valence-electron chi connectivity index (χ1n) is 10.6. The van der Waals surface area contributed by atoms with E-state index >= 15 is 0 Å². The van der Waals surface area contributed by atoms with E-state index in [-0.39, 0.29) is 17.2 Å². The minimum Gasteiger partial charge on any atom is -0.510 e. The van der Waals surface area contributed by atoms with Crippen LogP contribution in [-0.2, 0) is 11.2 Å². The van der Waals surface area contributed by atoms with Gasteiger partial charge >= 0.3 is 0 Å². The quantitative estimate of drug-likeness (QED) is 0.148. The molecule has 3 rings (SSSR count). The highest BCUT2D eigenvalue weighted by atomic mass is 35.5. The summed E-state index contributed by atoms with van der Waals surface area (Å²) in [5.74, 6) is -1.02. The number of amides is 1. The molecule has 0 saturated carbocycles. The van der Waals surface area contributed by atoms with Gasteiger partial charge in [-0.15, -0.1) is 10.2 Å². The molecule has 0 aromatic heterocycles. The molecule has 0 radical (unpaired) electrons. The summed E-state index contributed by atoms with van der Waals surface area (Å²) in [5.41, 5.74) is 3.02. The minimum absolute atomic E-state index is 0.0485. The maximum atomic E-state index is 12.7. The van der Waals surface area contributed by atoms with Crippen molar-refractivity contribution in [1.29, 1.82) is 0 Å². The van der Waals surface area contributed by atoms with Crippen LogP contribution in [0.2, 0.25) is 5.02 Å². The van der Waals surface area contributed by atoms with E-state index in [1.54, 1.807) is 54.6 Å². The predicted octanol–water partition coefficient (Wildman–Crippen LogP) is 7.31. The van der Waals surface area contributed by atoms with E-state index in [0.29, 0.717) is 34.8 Å². The smallest absolute Gasteiger partial charge is 0.279 e. The zero-order chi connectivity index (χ0) is 24.5. The number of aliphatic hydroxyl groups excluding tert-OH is 1. The summed E-state index contributed by atoms with van der Waals surface area (Å²) in [7, 11) is 0. The molecule has 0 aliphatic carbocycles. The number of Topliss-reactive ketones (excluding diaryl/α,β-unsaturated/α-hetero) is 1. The van der Waals surface area contributed by atoms with Gasteiger partial charge in [0.05, 0.1) is 5.02 Å². The Balaban J connectivity index is 1.68. The first kappa shape index (κ1) is 24.6. The van der Waals surface area contributed by atoms with Crippen molar-refractivity contribution >= 4 is 40.7 Å². The number of ketones is 1. The maximum absolute atomic E-state index is 12.7. The SMILES string of the molecule is C=Cc1cccc(CCC(=O)c2cccc(NC(=O)C(N=Nc3ccccc3Cl)=C(C)O)c2)c1. The molecule has 6 nitrogen and oxygen atoms in total. The van der Waals surface area contributed by atoms with E-state index in [9.17, 15) is 14.7 Å². The number of allylic oxidation sites excluding steroid dienone is 1. The molecule has 0 fully saturated rings. The van der Waals surface area contributed by atoms with Gasteiger partial charge in [-0.25, -0.2) is 0 Å². The average Bonchev–Trinajstić information content (AvgIpc) is 2.83. The van der Waals surface area contributed by atoms with Crippen molar-refractivity contribution in [2.45, 2.75) is 19.8 Å². The number of nitrogens with one attached hydrogen (secondary N) is 1. The van der Waals surface area contributed by atoms with Crippen molar-refractivity contribution in [2.24, 2.45) is 10.2 Å². The second-order valence-electron chi connectivity index (χ2n) is 7.49. The lowest BCUT2D eigenvalue weighted by molar-refractivity contribution is -0.113. The third-order valence-corrected chi connectivity index (χ3v) is 5.26. The molecule has 0 atom stereocenters. The van der Waals surface area contributed by atoms with Crippen LogP contribution in [0.4, 0.5) is 11.4 Å². The molecule has 0 bridgehead atoms. The highest BCUT2D eigenvalue weighted by molar-refractivity contribution is 6.32. The Labute approximate surface area is 203 Å². The molecular formula is C27H24ClN3O3. The number of benzene rings is 3. The number of aliphatic hydroxyl groups is 1. The van der Waals surface area contributed by atoms with Gasteiger partial charge in [0.25, 0.3) is 5.91 Å². The van der Waals surface area contributed by atoms with Crippen LogP contribution in [-0.4, -0.2) is 16.8 Å². The van der Waals surface area contributed by atoms with Crippen LogP contribution >= 0.6 is 11.6 Å². The van der Waals surface area contributed by atoms with Crippen molar-refractivity contribution in [3.63, 3.8) is 0 Å². The molecule has 2 N–H and O–H groups in total. The van der Waals surface area contributed by atoms with Gasteiger partial charge in [0.15, 0.2) is 11.5 Å². The Kier molecular flexibility index (Phi) is 8.48. The van der Waals surface area contributed by atoms with Crippen LogP contribution in [0.3, 0.4) is 0 Å². The van der Waals surface area contributed by atoms with Gasteiger partial charge in [0.2, 0.25) is 0 Å². The monoisotopic (exact) mass is 473 g/mol. The van der Waals surface area contributed by atoms with Crippen molar-refractivity contribution in [2.75, 3.05) is 5.32 Å². The maximum Gasteiger partial charge on any atom is 0.279 e. The van der Waals surface area contributed by atoms with Gasteiger partial charge < -0.3 is 10.4 Å². The van der Waals surface area contributed by atoms with E-state index in [1.165, 1.54) is 6.92 Å². The molecule has 3 aromatic rings. The zero-order valence-electron chi connectivity index (χ0n) is 18.7. The number of rotatable bonds is 9. The summed E-state index contributed by atoms with van der Waals surface area (Å²) in [6.07, 6.45) is 2.68. The number of hydrogen-bond donors (Lipinski definition) is 2. The molecule has 0 aliphatic rings. The summed E-state index contributed by atoms with van der Waals surface area (Å²) in [4.78, 5) is 25.4. The van der Waals surface area contributed by atoms with Crippen LogP contribution < -0.4 is 5.32 Å². The van der Waals surface area contributed by atoms with Crippen LogP contribution in [0.1, 0.15) is 34.8 Å². The Hall–Kier alpha value is -4.03. The van der Waals surface area contributed by atoms with E-state index in [1.807, 2.05) is 24.3 Å². The number of anilines is 1. The van der Waals surface area contributed by atoms with E-state index < -0.39 is 5.91 Å². The van der Waals surface area contributed by atoms with Gasteiger partial charge in [0.1, 0.15) is 11.4 Å².